The maximum atomic E-state index is 10.4. The van der Waals surface area contributed by atoms with Gasteiger partial charge in [0.1, 0.15) is 6.10 Å². The van der Waals surface area contributed by atoms with E-state index in [1.165, 1.54) is 0 Å². The highest BCUT2D eigenvalue weighted by Crippen LogP contribution is 2.30. The van der Waals surface area contributed by atoms with Gasteiger partial charge in [-0.05, 0) is 30.0 Å². The minimum absolute atomic E-state index is 0.272. The normalized spacial score (nSPS) is 14.2. The minimum Gasteiger partial charge on any atom is -0.394 e. The molecule has 3 aromatic rings. The molecule has 2 N–H and O–H groups in total. The first-order valence-electron chi connectivity index (χ1n) is 7.13. The van der Waals surface area contributed by atoms with Crippen molar-refractivity contribution in [2.75, 3.05) is 6.61 Å². The van der Waals surface area contributed by atoms with E-state index in [-0.39, 0.29) is 12.6 Å². The summed E-state index contributed by atoms with van der Waals surface area (Å²) in [4.78, 5) is 0. The summed E-state index contributed by atoms with van der Waals surface area (Å²) in [6.07, 6.45) is -0.845. The number of rotatable bonds is 4. The molecule has 0 saturated carbocycles. The van der Waals surface area contributed by atoms with Crippen LogP contribution in [0.4, 0.5) is 0 Å². The SMILES string of the molecule is Cc1cc2ccccc2n1C(c1ccccc1)C(O)CO. The second-order valence-corrected chi connectivity index (χ2v) is 5.32. The summed E-state index contributed by atoms with van der Waals surface area (Å²) in [7, 11) is 0. The first-order chi connectivity index (χ1) is 10.2. The molecule has 3 heteroatoms. The zero-order chi connectivity index (χ0) is 14.8. The molecule has 0 bridgehead atoms. The highest BCUT2D eigenvalue weighted by atomic mass is 16.3. The van der Waals surface area contributed by atoms with Crippen molar-refractivity contribution in [3.8, 4) is 0 Å². The molecule has 1 heterocycles. The van der Waals surface area contributed by atoms with Crippen molar-refractivity contribution >= 4 is 10.9 Å². The number of aryl methyl sites for hydroxylation is 1. The summed E-state index contributed by atoms with van der Waals surface area (Å²) < 4.78 is 2.10. The maximum Gasteiger partial charge on any atom is 0.102 e. The van der Waals surface area contributed by atoms with E-state index in [9.17, 15) is 10.2 Å². The summed E-state index contributed by atoms with van der Waals surface area (Å²) >= 11 is 0. The quantitative estimate of drug-likeness (QED) is 0.772. The van der Waals surface area contributed by atoms with Crippen LogP contribution in [-0.2, 0) is 0 Å². The second kappa shape index (κ2) is 5.72. The maximum absolute atomic E-state index is 10.4. The van der Waals surface area contributed by atoms with Gasteiger partial charge >= 0.3 is 0 Å². The lowest BCUT2D eigenvalue weighted by atomic mass is 10.0. The molecule has 2 aromatic carbocycles. The predicted octanol–water partition coefficient (Wildman–Crippen LogP) is 2.89. The molecule has 1 aromatic heterocycles. The zero-order valence-corrected chi connectivity index (χ0v) is 12.0. The van der Waals surface area contributed by atoms with Crippen molar-refractivity contribution in [1.29, 1.82) is 0 Å². The third-order valence-corrected chi connectivity index (χ3v) is 3.91. The summed E-state index contributed by atoms with van der Waals surface area (Å²) in [6, 6.07) is 19.7. The van der Waals surface area contributed by atoms with E-state index in [1.807, 2.05) is 55.5 Å². The standard InChI is InChI=1S/C18H19NO2/c1-13-11-15-9-5-6-10-16(15)19(13)18(17(21)12-20)14-7-3-2-4-8-14/h2-11,17-18,20-21H,12H2,1H3. The van der Waals surface area contributed by atoms with E-state index < -0.39 is 6.10 Å². The molecule has 0 aliphatic carbocycles. The largest absolute Gasteiger partial charge is 0.394 e. The fourth-order valence-corrected chi connectivity index (χ4v) is 2.98. The first-order valence-corrected chi connectivity index (χ1v) is 7.13. The molecule has 2 atom stereocenters. The Hall–Kier alpha value is -2.10. The van der Waals surface area contributed by atoms with Crippen molar-refractivity contribution in [3.63, 3.8) is 0 Å². The molecule has 0 radical (unpaired) electrons. The molecular formula is C18H19NO2. The van der Waals surface area contributed by atoms with Gasteiger partial charge in [0.05, 0.1) is 12.6 Å². The molecule has 2 unspecified atom stereocenters. The van der Waals surface area contributed by atoms with E-state index in [1.54, 1.807) is 0 Å². The van der Waals surface area contributed by atoms with Gasteiger partial charge in [-0.1, -0.05) is 48.5 Å². The van der Waals surface area contributed by atoms with Gasteiger partial charge in [-0.3, -0.25) is 0 Å². The highest BCUT2D eigenvalue weighted by molar-refractivity contribution is 5.81. The Morgan fingerprint density at radius 2 is 1.67 bits per heavy atom. The number of hydrogen-bond donors (Lipinski definition) is 2. The van der Waals surface area contributed by atoms with E-state index in [4.69, 9.17) is 0 Å². The lowest BCUT2D eigenvalue weighted by Crippen LogP contribution is -2.28. The fraction of sp³-hybridized carbons (Fsp3) is 0.222. The third kappa shape index (κ3) is 2.46. The number of aliphatic hydroxyl groups is 2. The Balaban J connectivity index is 2.22. The zero-order valence-electron chi connectivity index (χ0n) is 12.0. The molecule has 21 heavy (non-hydrogen) atoms. The van der Waals surface area contributed by atoms with Crippen LogP contribution in [0.5, 0.6) is 0 Å². The van der Waals surface area contributed by atoms with Gasteiger partial charge in [0.2, 0.25) is 0 Å². The number of hydrogen-bond acceptors (Lipinski definition) is 2. The summed E-state index contributed by atoms with van der Waals surface area (Å²) in [5.41, 5.74) is 3.12. The number of aromatic nitrogens is 1. The summed E-state index contributed by atoms with van der Waals surface area (Å²) in [5.74, 6) is 0. The number of benzene rings is 2. The van der Waals surface area contributed by atoms with Crippen LogP contribution >= 0.6 is 0 Å². The molecule has 0 aliphatic heterocycles. The van der Waals surface area contributed by atoms with Gasteiger partial charge in [0.25, 0.3) is 0 Å². The van der Waals surface area contributed by atoms with Crippen LogP contribution in [0.1, 0.15) is 17.3 Å². The molecule has 0 aliphatic rings. The van der Waals surface area contributed by atoms with Crippen LogP contribution in [0.25, 0.3) is 10.9 Å². The van der Waals surface area contributed by atoms with E-state index in [0.29, 0.717) is 0 Å². The number of fused-ring (bicyclic) bond motifs is 1. The van der Waals surface area contributed by atoms with Crippen molar-refractivity contribution in [2.45, 2.75) is 19.1 Å². The van der Waals surface area contributed by atoms with Crippen LogP contribution in [0, 0.1) is 6.92 Å². The van der Waals surface area contributed by atoms with Gasteiger partial charge in [-0.25, -0.2) is 0 Å². The lowest BCUT2D eigenvalue weighted by molar-refractivity contribution is 0.0648. The van der Waals surface area contributed by atoms with Crippen LogP contribution in [-0.4, -0.2) is 27.5 Å². The minimum atomic E-state index is -0.845. The van der Waals surface area contributed by atoms with Crippen molar-refractivity contribution in [2.24, 2.45) is 0 Å². The number of para-hydroxylation sites is 1. The fourth-order valence-electron chi connectivity index (χ4n) is 2.98. The molecule has 0 fully saturated rings. The van der Waals surface area contributed by atoms with E-state index in [0.717, 1.165) is 22.2 Å². The Kier molecular flexibility index (Phi) is 3.78. The highest BCUT2D eigenvalue weighted by Gasteiger charge is 2.24. The van der Waals surface area contributed by atoms with Gasteiger partial charge in [0, 0.05) is 11.2 Å². The van der Waals surface area contributed by atoms with E-state index in [2.05, 4.69) is 16.7 Å². The van der Waals surface area contributed by atoms with Crippen LogP contribution < -0.4 is 0 Å². The van der Waals surface area contributed by atoms with Crippen LogP contribution in [0.2, 0.25) is 0 Å². The van der Waals surface area contributed by atoms with Gasteiger partial charge in [0.15, 0.2) is 0 Å². The van der Waals surface area contributed by atoms with Gasteiger partial charge in [-0.15, -0.1) is 0 Å². The smallest absolute Gasteiger partial charge is 0.102 e. The van der Waals surface area contributed by atoms with Gasteiger partial charge < -0.3 is 14.8 Å². The Morgan fingerprint density at radius 1 is 1.00 bits per heavy atom. The predicted molar refractivity (Wildman–Crippen MR) is 84.3 cm³/mol. The van der Waals surface area contributed by atoms with Gasteiger partial charge in [-0.2, -0.15) is 0 Å². The molecule has 3 nitrogen and oxygen atoms in total. The molecule has 0 amide bonds. The molecular weight excluding hydrogens is 262 g/mol. The van der Waals surface area contributed by atoms with Crippen molar-refractivity contribution in [3.05, 3.63) is 71.9 Å². The monoisotopic (exact) mass is 281 g/mol. The molecule has 108 valence electrons. The summed E-state index contributed by atoms with van der Waals surface area (Å²) in [5, 5.41) is 21.0. The molecule has 0 saturated heterocycles. The average molecular weight is 281 g/mol. The van der Waals surface area contributed by atoms with Crippen LogP contribution in [0.15, 0.2) is 60.7 Å². The Morgan fingerprint density at radius 3 is 2.38 bits per heavy atom. The first kappa shape index (κ1) is 13.9. The Bertz CT molecular complexity index is 733. The average Bonchev–Trinajstić information content (AvgIpc) is 2.85. The second-order valence-electron chi connectivity index (χ2n) is 5.32. The topological polar surface area (TPSA) is 45.4 Å². The van der Waals surface area contributed by atoms with Crippen molar-refractivity contribution in [1.82, 2.24) is 4.57 Å². The number of aliphatic hydroxyl groups excluding tert-OH is 2. The summed E-state index contributed by atoms with van der Waals surface area (Å²) in [6.45, 7) is 1.76. The Labute approximate surface area is 124 Å². The molecule has 0 spiro atoms. The third-order valence-electron chi connectivity index (χ3n) is 3.91. The van der Waals surface area contributed by atoms with Crippen LogP contribution in [0.3, 0.4) is 0 Å². The molecule has 3 rings (SSSR count). The van der Waals surface area contributed by atoms with Crippen molar-refractivity contribution < 1.29 is 10.2 Å². The van der Waals surface area contributed by atoms with E-state index >= 15 is 0 Å². The number of nitrogens with zero attached hydrogens (tertiary/aromatic N) is 1. The lowest BCUT2D eigenvalue weighted by Gasteiger charge is -2.26.